The van der Waals surface area contributed by atoms with Gasteiger partial charge >= 0.3 is 0 Å². The average Bonchev–Trinajstić information content (AvgIpc) is 3.12. The van der Waals surface area contributed by atoms with Crippen LogP contribution in [0.2, 0.25) is 0 Å². The molecule has 2 N–H and O–H groups in total. The Bertz CT molecular complexity index is 1020. The highest BCUT2D eigenvalue weighted by atomic mass is 32.1. The lowest BCUT2D eigenvalue weighted by Crippen LogP contribution is -2.36. The van der Waals surface area contributed by atoms with Crippen molar-refractivity contribution in [1.82, 2.24) is 19.9 Å². The number of benzene rings is 1. The van der Waals surface area contributed by atoms with Gasteiger partial charge in [-0.05, 0) is 24.3 Å². The molecular formula is C19H17FN6O2S. The quantitative estimate of drug-likeness (QED) is 0.667. The minimum absolute atomic E-state index is 0.166. The Hall–Kier alpha value is -3.24. The molecule has 4 rings (SSSR count). The number of nitrogens with one attached hydrogen (secondary N) is 2. The molecule has 0 bridgehead atoms. The van der Waals surface area contributed by atoms with E-state index in [1.165, 1.54) is 54.2 Å². The number of fused-ring (bicyclic) bond motifs is 1. The standard InChI is InChI=1S/C19H17FN6O2S/c20-12-1-3-13(4-2-12)23-17(27)11-26-8-5-14-16(10-26)29-19(24-14)25-18(28)15-9-21-6-7-22-15/h1-4,6-7,9H,5,8,10-11H2,(H,23,27)(H,24,25,28). The third-order valence-corrected chi connectivity index (χ3v) is 5.32. The number of aromatic nitrogens is 3. The summed E-state index contributed by atoms with van der Waals surface area (Å²) in [5.41, 5.74) is 1.71. The second-order valence-corrected chi connectivity index (χ2v) is 7.53. The van der Waals surface area contributed by atoms with Crippen molar-refractivity contribution >= 4 is 34.0 Å². The number of amides is 2. The lowest BCUT2D eigenvalue weighted by molar-refractivity contribution is -0.117. The Morgan fingerprint density at radius 2 is 2.00 bits per heavy atom. The molecule has 0 unspecified atom stereocenters. The van der Waals surface area contributed by atoms with Crippen LogP contribution >= 0.6 is 11.3 Å². The largest absolute Gasteiger partial charge is 0.325 e. The minimum atomic E-state index is -0.361. The zero-order chi connectivity index (χ0) is 20.2. The molecular weight excluding hydrogens is 395 g/mol. The van der Waals surface area contributed by atoms with Crippen molar-refractivity contribution < 1.29 is 14.0 Å². The number of hydrogen-bond donors (Lipinski definition) is 2. The van der Waals surface area contributed by atoms with Gasteiger partial charge in [-0.2, -0.15) is 0 Å². The van der Waals surface area contributed by atoms with Gasteiger partial charge in [-0.15, -0.1) is 11.3 Å². The predicted octanol–water partition coefficient (Wildman–Crippen LogP) is 2.32. The lowest BCUT2D eigenvalue weighted by Gasteiger charge is -2.25. The Labute approximate surface area is 169 Å². The van der Waals surface area contributed by atoms with Crippen molar-refractivity contribution in [1.29, 1.82) is 0 Å². The Morgan fingerprint density at radius 1 is 1.17 bits per heavy atom. The fraction of sp³-hybridized carbons (Fsp3) is 0.211. The highest BCUT2D eigenvalue weighted by Crippen LogP contribution is 2.28. The second kappa shape index (κ2) is 8.41. The first-order valence-corrected chi connectivity index (χ1v) is 9.72. The topological polar surface area (TPSA) is 100 Å². The fourth-order valence-electron chi connectivity index (χ4n) is 2.95. The molecule has 10 heteroatoms. The molecule has 3 aromatic rings. The van der Waals surface area contributed by atoms with Gasteiger partial charge in [-0.3, -0.25) is 24.8 Å². The monoisotopic (exact) mass is 412 g/mol. The predicted molar refractivity (Wildman–Crippen MR) is 106 cm³/mol. The van der Waals surface area contributed by atoms with Crippen LogP contribution in [0.25, 0.3) is 0 Å². The summed E-state index contributed by atoms with van der Waals surface area (Å²) in [6.45, 7) is 1.48. The van der Waals surface area contributed by atoms with E-state index in [4.69, 9.17) is 0 Å². The molecule has 148 valence electrons. The number of hydrogen-bond acceptors (Lipinski definition) is 7. The lowest BCUT2D eigenvalue weighted by atomic mass is 10.2. The molecule has 0 saturated heterocycles. The van der Waals surface area contributed by atoms with Gasteiger partial charge < -0.3 is 5.32 Å². The maximum absolute atomic E-state index is 13.0. The van der Waals surface area contributed by atoms with Crippen LogP contribution in [-0.2, 0) is 17.8 Å². The van der Waals surface area contributed by atoms with Gasteiger partial charge in [-0.1, -0.05) is 0 Å². The molecule has 29 heavy (non-hydrogen) atoms. The molecule has 3 heterocycles. The molecule has 8 nitrogen and oxygen atoms in total. The molecule has 0 aliphatic carbocycles. The van der Waals surface area contributed by atoms with Gasteiger partial charge in [0.1, 0.15) is 11.5 Å². The molecule has 1 aromatic carbocycles. The van der Waals surface area contributed by atoms with Crippen LogP contribution in [0, 0.1) is 5.82 Å². The van der Waals surface area contributed by atoms with Gasteiger partial charge in [0.2, 0.25) is 5.91 Å². The summed E-state index contributed by atoms with van der Waals surface area (Å²) in [4.78, 5) is 39.8. The molecule has 2 amide bonds. The first-order valence-electron chi connectivity index (χ1n) is 8.90. The fourth-order valence-corrected chi connectivity index (χ4v) is 4.00. The van der Waals surface area contributed by atoms with E-state index in [9.17, 15) is 14.0 Å². The van der Waals surface area contributed by atoms with Crippen LogP contribution in [0.5, 0.6) is 0 Å². The maximum atomic E-state index is 13.0. The Morgan fingerprint density at radius 3 is 2.76 bits per heavy atom. The highest BCUT2D eigenvalue weighted by molar-refractivity contribution is 7.15. The third kappa shape index (κ3) is 4.79. The third-order valence-electron chi connectivity index (χ3n) is 4.32. The molecule has 1 aliphatic heterocycles. The van der Waals surface area contributed by atoms with Crippen LogP contribution in [0.15, 0.2) is 42.9 Å². The summed E-state index contributed by atoms with van der Waals surface area (Å²) in [5.74, 6) is -0.876. The summed E-state index contributed by atoms with van der Waals surface area (Å²) < 4.78 is 13.0. The van der Waals surface area contributed by atoms with E-state index < -0.39 is 0 Å². The van der Waals surface area contributed by atoms with E-state index in [-0.39, 0.29) is 29.9 Å². The molecule has 0 fully saturated rings. The van der Waals surface area contributed by atoms with Crippen LogP contribution in [-0.4, -0.2) is 44.8 Å². The van der Waals surface area contributed by atoms with Crippen molar-refractivity contribution in [3.05, 3.63) is 64.9 Å². The van der Waals surface area contributed by atoms with Crippen LogP contribution < -0.4 is 10.6 Å². The van der Waals surface area contributed by atoms with Gasteiger partial charge in [0.15, 0.2) is 5.13 Å². The number of carbonyl (C=O) groups excluding carboxylic acids is 2. The first kappa shape index (κ1) is 19.1. The zero-order valence-electron chi connectivity index (χ0n) is 15.3. The van der Waals surface area contributed by atoms with Crippen LogP contribution in [0.4, 0.5) is 15.2 Å². The summed E-state index contributed by atoms with van der Waals surface area (Å²) in [7, 11) is 0. The molecule has 0 saturated carbocycles. The highest BCUT2D eigenvalue weighted by Gasteiger charge is 2.23. The number of halogens is 1. The molecule has 2 aromatic heterocycles. The Balaban J connectivity index is 1.34. The number of anilines is 2. The number of nitrogens with zero attached hydrogens (tertiary/aromatic N) is 4. The van der Waals surface area contributed by atoms with Crippen LogP contribution in [0.1, 0.15) is 21.1 Å². The van der Waals surface area contributed by atoms with Crippen molar-refractivity contribution in [2.45, 2.75) is 13.0 Å². The molecule has 0 atom stereocenters. The summed E-state index contributed by atoms with van der Waals surface area (Å²) >= 11 is 1.39. The molecule has 0 spiro atoms. The van der Waals surface area contributed by atoms with Gasteiger partial charge in [0, 0.05) is 42.5 Å². The minimum Gasteiger partial charge on any atom is -0.325 e. The summed E-state index contributed by atoms with van der Waals surface area (Å²) in [5, 5.41) is 6.01. The number of carbonyl (C=O) groups is 2. The van der Waals surface area contributed by atoms with E-state index in [2.05, 4.69) is 25.6 Å². The summed E-state index contributed by atoms with van der Waals surface area (Å²) in [6, 6.07) is 5.65. The van der Waals surface area contributed by atoms with Gasteiger partial charge in [0.25, 0.3) is 5.91 Å². The van der Waals surface area contributed by atoms with E-state index in [0.717, 1.165) is 10.6 Å². The van der Waals surface area contributed by atoms with Gasteiger partial charge in [-0.25, -0.2) is 14.4 Å². The maximum Gasteiger partial charge on any atom is 0.277 e. The summed E-state index contributed by atoms with van der Waals surface area (Å²) in [6.07, 6.45) is 5.04. The van der Waals surface area contributed by atoms with Crippen molar-refractivity contribution in [2.75, 3.05) is 23.7 Å². The van der Waals surface area contributed by atoms with Crippen molar-refractivity contribution in [2.24, 2.45) is 0 Å². The number of rotatable bonds is 5. The van der Waals surface area contributed by atoms with E-state index in [0.29, 0.717) is 30.3 Å². The smallest absolute Gasteiger partial charge is 0.277 e. The van der Waals surface area contributed by atoms with Gasteiger partial charge in [0.05, 0.1) is 18.4 Å². The van der Waals surface area contributed by atoms with Crippen LogP contribution in [0.3, 0.4) is 0 Å². The van der Waals surface area contributed by atoms with Crippen molar-refractivity contribution in [3.63, 3.8) is 0 Å². The second-order valence-electron chi connectivity index (χ2n) is 6.45. The normalized spacial score (nSPS) is 13.6. The molecule has 1 aliphatic rings. The van der Waals surface area contributed by atoms with Crippen molar-refractivity contribution in [3.8, 4) is 0 Å². The van der Waals surface area contributed by atoms with E-state index in [1.54, 1.807) is 0 Å². The van der Waals surface area contributed by atoms with E-state index in [1.807, 2.05) is 4.90 Å². The molecule has 0 radical (unpaired) electrons. The SMILES string of the molecule is O=C(CN1CCc2nc(NC(=O)c3cnccn3)sc2C1)Nc1ccc(F)cc1. The average molecular weight is 412 g/mol. The number of thiazole rings is 1. The Kier molecular flexibility index (Phi) is 5.54. The van der Waals surface area contributed by atoms with E-state index >= 15 is 0 Å². The first-order chi connectivity index (χ1) is 14.1. The zero-order valence-corrected chi connectivity index (χ0v) is 16.1.